The zero-order valence-electron chi connectivity index (χ0n) is 8.45. The van der Waals surface area contributed by atoms with Crippen molar-refractivity contribution in [2.24, 2.45) is 4.99 Å². The Bertz CT molecular complexity index is 483. The predicted octanol–water partition coefficient (Wildman–Crippen LogP) is 1.98. The van der Waals surface area contributed by atoms with Crippen molar-refractivity contribution in [2.75, 3.05) is 6.54 Å². The summed E-state index contributed by atoms with van der Waals surface area (Å²) in [7, 11) is 0. The van der Waals surface area contributed by atoms with Gasteiger partial charge in [0.05, 0.1) is 0 Å². The van der Waals surface area contributed by atoms with E-state index >= 15 is 0 Å². The highest BCUT2D eigenvalue weighted by atomic mass is 19.3. The summed E-state index contributed by atoms with van der Waals surface area (Å²) in [5.74, 6) is 0. The highest BCUT2D eigenvalue weighted by Crippen LogP contribution is 2.38. The lowest BCUT2D eigenvalue weighted by molar-refractivity contribution is 0.196. The Balaban J connectivity index is 2.09. The van der Waals surface area contributed by atoms with Gasteiger partial charge < -0.3 is 0 Å². The summed E-state index contributed by atoms with van der Waals surface area (Å²) in [6.45, 7) is 0.714. The topological polar surface area (TPSA) is 24.4 Å². The monoisotopic (exact) mass is 220 g/mol. The van der Waals surface area contributed by atoms with Crippen LogP contribution in [0.15, 0.2) is 52.1 Å². The van der Waals surface area contributed by atoms with Crippen molar-refractivity contribution in [3.05, 3.63) is 47.1 Å². The summed E-state index contributed by atoms with van der Waals surface area (Å²) in [4.78, 5) is 4.28. The third-order valence-corrected chi connectivity index (χ3v) is 3.05. The molecule has 0 bridgehead atoms. The van der Waals surface area contributed by atoms with E-state index in [1.54, 1.807) is 0 Å². The first kappa shape index (κ1) is 9.66. The first-order valence-electron chi connectivity index (χ1n) is 5.12. The van der Waals surface area contributed by atoms with Gasteiger partial charge in [-0.3, -0.25) is 10.3 Å². The van der Waals surface area contributed by atoms with Crippen molar-refractivity contribution in [1.29, 1.82) is 0 Å². The molecule has 0 saturated heterocycles. The van der Waals surface area contributed by atoms with E-state index in [0.717, 1.165) is 11.1 Å². The Morgan fingerprint density at radius 1 is 1.38 bits per heavy atom. The van der Waals surface area contributed by atoms with E-state index in [2.05, 4.69) is 10.3 Å². The first-order chi connectivity index (χ1) is 7.72. The second-order valence-electron chi connectivity index (χ2n) is 3.94. The maximum atomic E-state index is 12.6. The van der Waals surface area contributed by atoms with Crippen molar-refractivity contribution < 1.29 is 8.78 Å². The Morgan fingerprint density at radius 3 is 3.06 bits per heavy atom. The van der Waals surface area contributed by atoms with Gasteiger partial charge in [0, 0.05) is 18.3 Å². The molecule has 2 aliphatic heterocycles. The Morgan fingerprint density at radius 2 is 2.25 bits per heavy atom. The van der Waals surface area contributed by atoms with Crippen LogP contribution in [0.5, 0.6) is 0 Å². The molecular weight excluding hydrogens is 210 g/mol. The Kier molecular flexibility index (Phi) is 1.94. The number of alkyl halides is 2. The second kappa shape index (κ2) is 3.22. The summed E-state index contributed by atoms with van der Waals surface area (Å²) < 4.78 is 25.2. The zero-order chi connectivity index (χ0) is 11.2. The van der Waals surface area contributed by atoms with Gasteiger partial charge in [-0.15, -0.1) is 0 Å². The maximum Gasteiger partial charge on any atom is 0.265 e. The fourth-order valence-corrected chi connectivity index (χ4v) is 2.25. The molecule has 0 aromatic carbocycles. The molecule has 0 fully saturated rings. The maximum absolute atomic E-state index is 12.6. The lowest BCUT2D eigenvalue weighted by atomic mass is 9.86. The SMILES string of the molecule is FC(F)C1=CC2=CC=CC3=CCNC23N=C1. The number of rotatable bonds is 1. The molecule has 1 aliphatic carbocycles. The van der Waals surface area contributed by atoms with E-state index in [0.29, 0.717) is 6.54 Å². The Labute approximate surface area is 91.8 Å². The first-order valence-corrected chi connectivity index (χ1v) is 5.12. The molecule has 16 heavy (non-hydrogen) atoms. The van der Waals surface area contributed by atoms with E-state index in [1.807, 2.05) is 24.3 Å². The van der Waals surface area contributed by atoms with Gasteiger partial charge in [-0.2, -0.15) is 0 Å². The normalized spacial score (nSPS) is 30.8. The average molecular weight is 220 g/mol. The number of hydrogen-bond donors (Lipinski definition) is 1. The molecule has 82 valence electrons. The van der Waals surface area contributed by atoms with Crippen LogP contribution in [0.3, 0.4) is 0 Å². The number of nitrogens with one attached hydrogen (secondary N) is 1. The molecule has 0 aromatic rings. The number of halogens is 2. The lowest BCUT2D eigenvalue weighted by Crippen LogP contribution is -2.44. The highest BCUT2D eigenvalue weighted by Gasteiger charge is 2.41. The van der Waals surface area contributed by atoms with Crippen molar-refractivity contribution in [3.63, 3.8) is 0 Å². The predicted molar refractivity (Wildman–Crippen MR) is 58.6 cm³/mol. The molecule has 0 saturated carbocycles. The molecule has 1 atom stereocenters. The summed E-state index contributed by atoms with van der Waals surface area (Å²) in [6.07, 6.45) is 8.01. The second-order valence-corrected chi connectivity index (χ2v) is 3.94. The molecular formula is C12H10F2N2. The summed E-state index contributed by atoms with van der Waals surface area (Å²) in [6, 6.07) is 0. The van der Waals surface area contributed by atoms with Gasteiger partial charge in [0.2, 0.25) is 0 Å². The van der Waals surface area contributed by atoms with Gasteiger partial charge in [-0.1, -0.05) is 24.3 Å². The van der Waals surface area contributed by atoms with E-state index in [9.17, 15) is 8.78 Å². The van der Waals surface area contributed by atoms with Gasteiger partial charge in [-0.05, 0) is 17.2 Å². The largest absolute Gasteiger partial charge is 0.282 e. The molecule has 0 amide bonds. The number of aliphatic imine (C=N–C) groups is 1. The number of dihydropyridines is 1. The molecule has 0 radical (unpaired) electrons. The lowest BCUT2D eigenvalue weighted by Gasteiger charge is -2.33. The molecule has 1 spiro atoms. The van der Waals surface area contributed by atoms with Crippen LogP contribution < -0.4 is 5.32 Å². The van der Waals surface area contributed by atoms with Crippen LogP contribution in [0.25, 0.3) is 0 Å². The molecule has 3 aliphatic rings. The van der Waals surface area contributed by atoms with Gasteiger partial charge in [0.15, 0.2) is 5.66 Å². The van der Waals surface area contributed by atoms with Crippen molar-refractivity contribution in [1.82, 2.24) is 5.32 Å². The molecule has 2 heterocycles. The van der Waals surface area contributed by atoms with Gasteiger partial charge in [0.25, 0.3) is 6.43 Å². The van der Waals surface area contributed by atoms with E-state index in [4.69, 9.17) is 0 Å². The van der Waals surface area contributed by atoms with Crippen molar-refractivity contribution in [3.8, 4) is 0 Å². The minimum absolute atomic E-state index is 0.0276. The van der Waals surface area contributed by atoms with Gasteiger partial charge >= 0.3 is 0 Å². The minimum atomic E-state index is -2.47. The third-order valence-electron chi connectivity index (χ3n) is 3.05. The fraction of sp³-hybridized carbons (Fsp3) is 0.250. The zero-order valence-corrected chi connectivity index (χ0v) is 8.45. The van der Waals surface area contributed by atoms with Crippen LogP contribution in [0, 0.1) is 0 Å². The van der Waals surface area contributed by atoms with Crippen LogP contribution >= 0.6 is 0 Å². The van der Waals surface area contributed by atoms with Crippen molar-refractivity contribution >= 4 is 6.21 Å². The van der Waals surface area contributed by atoms with Crippen LogP contribution in [0.2, 0.25) is 0 Å². The van der Waals surface area contributed by atoms with E-state index in [1.165, 1.54) is 12.3 Å². The number of allylic oxidation sites excluding steroid dienone is 3. The molecule has 1 N–H and O–H groups in total. The standard InChI is InChI=1S/C12H10F2N2/c13-11(14)8-6-10-3-1-2-9-4-5-15-12(9,10)16-7-8/h1-4,6-7,11,15H,5H2. The fourth-order valence-electron chi connectivity index (χ4n) is 2.25. The van der Waals surface area contributed by atoms with Crippen LogP contribution in [-0.2, 0) is 0 Å². The third kappa shape index (κ3) is 1.16. The average Bonchev–Trinajstić information content (AvgIpc) is 2.69. The van der Waals surface area contributed by atoms with E-state index in [-0.39, 0.29) is 5.57 Å². The number of nitrogens with zero attached hydrogens (tertiary/aromatic N) is 1. The van der Waals surface area contributed by atoms with Gasteiger partial charge in [-0.25, -0.2) is 8.78 Å². The quantitative estimate of drug-likeness (QED) is 0.718. The molecule has 3 rings (SSSR count). The molecule has 2 nitrogen and oxygen atoms in total. The molecule has 0 aromatic heterocycles. The summed E-state index contributed by atoms with van der Waals surface area (Å²) >= 11 is 0. The summed E-state index contributed by atoms with van der Waals surface area (Å²) in [5, 5.41) is 3.23. The Hall–Kier alpha value is -1.55. The van der Waals surface area contributed by atoms with Crippen LogP contribution in [-0.4, -0.2) is 24.8 Å². The number of hydrogen-bond acceptors (Lipinski definition) is 2. The highest BCUT2D eigenvalue weighted by molar-refractivity contribution is 5.84. The molecule has 4 heteroatoms. The minimum Gasteiger partial charge on any atom is -0.282 e. The van der Waals surface area contributed by atoms with Crippen LogP contribution in [0.4, 0.5) is 8.78 Å². The van der Waals surface area contributed by atoms with E-state index < -0.39 is 12.1 Å². The van der Waals surface area contributed by atoms with Crippen molar-refractivity contribution in [2.45, 2.75) is 12.1 Å². The van der Waals surface area contributed by atoms with Gasteiger partial charge in [0.1, 0.15) is 0 Å². The smallest absolute Gasteiger partial charge is 0.265 e. The molecule has 1 unspecified atom stereocenters. The summed E-state index contributed by atoms with van der Waals surface area (Å²) in [5.41, 5.74) is 1.19. The van der Waals surface area contributed by atoms with Crippen LogP contribution in [0.1, 0.15) is 0 Å².